The van der Waals surface area contributed by atoms with Gasteiger partial charge in [-0.2, -0.15) is 0 Å². The molecular weight excluding hydrogens is 186 g/mol. The van der Waals surface area contributed by atoms with Crippen molar-refractivity contribution in [3.05, 3.63) is 30.1 Å². The van der Waals surface area contributed by atoms with Crippen LogP contribution in [0.1, 0.15) is 18.9 Å². The largest absolute Gasteiger partial charge is 0.330 e. The molecule has 1 fully saturated rings. The summed E-state index contributed by atoms with van der Waals surface area (Å²) in [5.74, 6) is 0.546. The van der Waals surface area contributed by atoms with Crippen molar-refractivity contribution in [3.8, 4) is 0 Å². The Morgan fingerprint density at radius 3 is 2.80 bits per heavy atom. The van der Waals surface area contributed by atoms with Crippen LogP contribution in [0.25, 0.3) is 0 Å². The highest BCUT2D eigenvalue weighted by molar-refractivity contribution is 5.24. The highest BCUT2D eigenvalue weighted by atomic mass is 15.2. The lowest BCUT2D eigenvalue weighted by molar-refractivity contribution is 0.153. The predicted molar refractivity (Wildman–Crippen MR) is 61.4 cm³/mol. The summed E-state index contributed by atoms with van der Waals surface area (Å²) in [5.41, 5.74) is 7.27. The topological polar surface area (TPSA) is 42.1 Å². The van der Waals surface area contributed by atoms with Crippen LogP contribution in [-0.4, -0.2) is 30.0 Å². The van der Waals surface area contributed by atoms with Gasteiger partial charge >= 0.3 is 0 Å². The molecule has 0 spiro atoms. The van der Waals surface area contributed by atoms with Gasteiger partial charge in [0.1, 0.15) is 0 Å². The summed E-state index contributed by atoms with van der Waals surface area (Å²) in [6.45, 7) is 4.16. The van der Waals surface area contributed by atoms with Gasteiger partial charge in [-0.25, -0.2) is 0 Å². The molecule has 0 bridgehead atoms. The molecule has 1 aliphatic heterocycles. The molecule has 15 heavy (non-hydrogen) atoms. The molecule has 1 saturated heterocycles. The Labute approximate surface area is 91.3 Å². The van der Waals surface area contributed by atoms with Crippen LogP contribution in [-0.2, 0) is 5.54 Å². The van der Waals surface area contributed by atoms with E-state index >= 15 is 0 Å². The van der Waals surface area contributed by atoms with Gasteiger partial charge in [-0.05, 0) is 57.1 Å². The van der Waals surface area contributed by atoms with Crippen LogP contribution in [0, 0.1) is 5.92 Å². The van der Waals surface area contributed by atoms with Gasteiger partial charge in [-0.15, -0.1) is 0 Å². The Hall–Kier alpha value is -0.930. The van der Waals surface area contributed by atoms with Gasteiger partial charge in [-0.3, -0.25) is 9.88 Å². The molecule has 0 aromatic carbocycles. The van der Waals surface area contributed by atoms with E-state index in [1.165, 1.54) is 12.0 Å². The lowest BCUT2D eigenvalue weighted by atomic mass is 9.81. The van der Waals surface area contributed by atoms with E-state index in [1.54, 1.807) is 0 Å². The van der Waals surface area contributed by atoms with Crippen molar-refractivity contribution in [2.24, 2.45) is 11.7 Å². The number of nitrogens with zero attached hydrogens (tertiary/aromatic N) is 2. The maximum absolute atomic E-state index is 5.87. The number of hydrogen-bond acceptors (Lipinski definition) is 3. The van der Waals surface area contributed by atoms with Crippen LogP contribution >= 0.6 is 0 Å². The van der Waals surface area contributed by atoms with E-state index in [0.29, 0.717) is 5.92 Å². The quantitative estimate of drug-likeness (QED) is 0.789. The molecule has 2 atom stereocenters. The Bertz CT molecular complexity index is 325. The minimum Gasteiger partial charge on any atom is -0.330 e. The molecule has 1 aromatic heterocycles. The Kier molecular flexibility index (Phi) is 2.76. The van der Waals surface area contributed by atoms with Gasteiger partial charge in [-0.1, -0.05) is 0 Å². The summed E-state index contributed by atoms with van der Waals surface area (Å²) in [7, 11) is 2.18. The first-order valence-corrected chi connectivity index (χ1v) is 5.51. The number of rotatable bonds is 2. The summed E-state index contributed by atoms with van der Waals surface area (Å²) in [4.78, 5) is 6.48. The van der Waals surface area contributed by atoms with Crippen LogP contribution in [0.4, 0.5) is 0 Å². The second kappa shape index (κ2) is 3.91. The Morgan fingerprint density at radius 2 is 2.20 bits per heavy atom. The zero-order valence-electron chi connectivity index (χ0n) is 9.48. The summed E-state index contributed by atoms with van der Waals surface area (Å²) in [6.07, 6.45) is 4.91. The molecule has 0 aliphatic carbocycles. The van der Waals surface area contributed by atoms with Crippen molar-refractivity contribution >= 4 is 0 Å². The second-order valence-corrected chi connectivity index (χ2v) is 4.53. The van der Waals surface area contributed by atoms with Gasteiger partial charge in [0.25, 0.3) is 0 Å². The minimum atomic E-state index is 0.0810. The fraction of sp³-hybridized carbons (Fsp3) is 0.583. The fourth-order valence-corrected chi connectivity index (χ4v) is 2.67. The van der Waals surface area contributed by atoms with E-state index in [0.717, 1.165) is 13.1 Å². The zero-order chi connectivity index (χ0) is 10.9. The normalized spacial score (nSPS) is 32.1. The first-order valence-electron chi connectivity index (χ1n) is 5.51. The second-order valence-electron chi connectivity index (χ2n) is 4.53. The molecule has 0 saturated carbocycles. The van der Waals surface area contributed by atoms with E-state index < -0.39 is 0 Å². The third-order valence-electron chi connectivity index (χ3n) is 3.95. The van der Waals surface area contributed by atoms with E-state index in [9.17, 15) is 0 Å². The van der Waals surface area contributed by atoms with Crippen molar-refractivity contribution in [1.82, 2.24) is 9.88 Å². The highest BCUT2D eigenvalue weighted by Crippen LogP contribution is 2.41. The Balaban J connectivity index is 2.39. The lowest BCUT2D eigenvalue weighted by Gasteiger charge is -2.37. The smallest absolute Gasteiger partial charge is 0.0471 e. The maximum Gasteiger partial charge on any atom is 0.0471 e. The molecular formula is C12H19N3. The average Bonchev–Trinajstić information content (AvgIpc) is 2.58. The molecule has 1 aliphatic rings. The molecule has 2 unspecified atom stereocenters. The molecule has 2 heterocycles. The number of nitrogens with two attached hydrogens (primary N) is 1. The van der Waals surface area contributed by atoms with Crippen LogP contribution in [0.3, 0.4) is 0 Å². The van der Waals surface area contributed by atoms with Crippen molar-refractivity contribution in [2.45, 2.75) is 18.9 Å². The third-order valence-corrected chi connectivity index (χ3v) is 3.95. The maximum atomic E-state index is 5.87. The number of hydrogen-bond donors (Lipinski definition) is 1. The van der Waals surface area contributed by atoms with Gasteiger partial charge in [0, 0.05) is 17.9 Å². The zero-order valence-corrected chi connectivity index (χ0v) is 9.48. The molecule has 2 rings (SSSR count). The van der Waals surface area contributed by atoms with Crippen molar-refractivity contribution in [2.75, 3.05) is 20.1 Å². The van der Waals surface area contributed by atoms with Crippen LogP contribution in [0.5, 0.6) is 0 Å². The first-order chi connectivity index (χ1) is 7.19. The monoisotopic (exact) mass is 205 g/mol. The molecule has 0 amide bonds. The minimum absolute atomic E-state index is 0.0810. The molecule has 0 radical (unpaired) electrons. The summed E-state index contributed by atoms with van der Waals surface area (Å²) < 4.78 is 0. The standard InChI is InChI=1S/C12H19N3/c1-12(10-3-6-14-7-4-10)11(9-13)5-8-15(12)2/h3-4,6-7,11H,5,8-9,13H2,1-2H3. The molecule has 2 N–H and O–H groups in total. The van der Waals surface area contributed by atoms with Crippen LogP contribution in [0.15, 0.2) is 24.5 Å². The predicted octanol–water partition coefficient (Wildman–Crippen LogP) is 1.21. The van der Waals surface area contributed by atoms with Crippen molar-refractivity contribution in [3.63, 3.8) is 0 Å². The van der Waals surface area contributed by atoms with Crippen LogP contribution in [0.2, 0.25) is 0 Å². The van der Waals surface area contributed by atoms with E-state index in [-0.39, 0.29) is 5.54 Å². The van der Waals surface area contributed by atoms with E-state index in [1.807, 2.05) is 12.4 Å². The number of aromatic nitrogens is 1. The van der Waals surface area contributed by atoms with Gasteiger partial charge < -0.3 is 5.73 Å². The molecule has 3 nitrogen and oxygen atoms in total. The molecule has 82 valence electrons. The Morgan fingerprint density at radius 1 is 1.53 bits per heavy atom. The van der Waals surface area contributed by atoms with Crippen molar-refractivity contribution in [1.29, 1.82) is 0 Å². The summed E-state index contributed by atoms with van der Waals surface area (Å²) in [6, 6.07) is 4.20. The van der Waals surface area contributed by atoms with Crippen molar-refractivity contribution < 1.29 is 0 Å². The molecule has 3 heteroatoms. The van der Waals surface area contributed by atoms with Crippen LogP contribution < -0.4 is 5.73 Å². The van der Waals surface area contributed by atoms with E-state index in [4.69, 9.17) is 5.73 Å². The first kappa shape index (κ1) is 10.6. The van der Waals surface area contributed by atoms with Gasteiger partial charge in [0.15, 0.2) is 0 Å². The third kappa shape index (κ3) is 1.56. The summed E-state index contributed by atoms with van der Waals surface area (Å²) >= 11 is 0. The molecule has 1 aromatic rings. The summed E-state index contributed by atoms with van der Waals surface area (Å²) in [5, 5.41) is 0. The SMILES string of the molecule is CN1CCC(CN)C1(C)c1ccncc1. The average molecular weight is 205 g/mol. The van der Waals surface area contributed by atoms with E-state index in [2.05, 4.69) is 36.0 Å². The fourth-order valence-electron chi connectivity index (χ4n) is 2.67. The number of pyridine rings is 1. The highest BCUT2D eigenvalue weighted by Gasteiger charge is 2.43. The van der Waals surface area contributed by atoms with Gasteiger partial charge in [0.05, 0.1) is 0 Å². The van der Waals surface area contributed by atoms with Gasteiger partial charge in [0.2, 0.25) is 0 Å². The number of likely N-dealkylation sites (tertiary alicyclic amines) is 1. The lowest BCUT2D eigenvalue weighted by Crippen LogP contribution is -2.42.